The van der Waals surface area contributed by atoms with Gasteiger partial charge in [-0.3, -0.25) is 24.6 Å². The lowest BCUT2D eigenvalue weighted by molar-refractivity contribution is -0.151. The molecule has 2 unspecified atom stereocenters. The van der Waals surface area contributed by atoms with E-state index in [0.29, 0.717) is 11.1 Å². The van der Waals surface area contributed by atoms with Gasteiger partial charge in [0.25, 0.3) is 17.7 Å². The normalized spacial score (nSPS) is 17.7. The lowest BCUT2D eigenvalue weighted by Crippen LogP contribution is -2.55. The number of esters is 1. The van der Waals surface area contributed by atoms with Gasteiger partial charge in [-0.25, -0.2) is 14.7 Å². The average molecular weight is 671 g/mol. The molecule has 2 aliphatic rings. The lowest BCUT2D eigenvalue weighted by Gasteiger charge is -2.35. The molecular weight excluding hydrogens is 620 g/mol. The van der Waals surface area contributed by atoms with Gasteiger partial charge in [0.15, 0.2) is 6.73 Å². The fourth-order valence-corrected chi connectivity index (χ4v) is 5.78. The van der Waals surface area contributed by atoms with Gasteiger partial charge in [0, 0.05) is 11.1 Å². The zero-order chi connectivity index (χ0) is 36.8. The van der Waals surface area contributed by atoms with Gasteiger partial charge in [-0.15, -0.1) is 6.42 Å². The van der Waals surface area contributed by atoms with E-state index in [2.05, 4.69) is 24.3 Å². The molecule has 1 aliphatic heterocycles. The van der Waals surface area contributed by atoms with E-state index in [4.69, 9.17) is 11.2 Å². The van der Waals surface area contributed by atoms with Crippen LogP contribution in [0.4, 0.5) is 4.79 Å². The number of rotatable bonds is 8. The summed E-state index contributed by atoms with van der Waals surface area (Å²) in [5.74, 6) is 0.905. The molecule has 10 nitrogen and oxygen atoms in total. The van der Waals surface area contributed by atoms with Crippen LogP contribution in [0.3, 0.4) is 0 Å². The Morgan fingerprint density at radius 1 is 1.04 bits per heavy atom. The Labute approximate surface area is 290 Å². The summed E-state index contributed by atoms with van der Waals surface area (Å²) in [4.78, 5) is 63.9. The number of allylic oxidation sites excluding steroid dienone is 2. The third-order valence-electron chi connectivity index (χ3n) is 8.60. The van der Waals surface area contributed by atoms with Crippen molar-refractivity contribution in [3.8, 4) is 12.3 Å². The van der Waals surface area contributed by atoms with Crippen LogP contribution in [0.15, 0.2) is 54.1 Å². The molecule has 2 aromatic rings. The minimum atomic E-state index is -0.562. The zero-order valence-electron chi connectivity index (χ0n) is 30.5. The molecule has 0 spiro atoms. The van der Waals surface area contributed by atoms with Crippen molar-refractivity contribution in [3.05, 3.63) is 81.9 Å². The number of ether oxygens (including phenoxy) is 1. The van der Waals surface area contributed by atoms with Crippen LogP contribution >= 0.6 is 0 Å². The van der Waals surface area contributed by atoms with Crippen LogP contribution in [0.5, 0.6) is 0 Å². The molecule has 1 aliphatic carbocycles. The van der Waals surface area contributed by atoms with E-state index < -0.39 is 17.5 Å². The highest BCUT2D eigenvalue weighted by Gasteiger charge is 2.61. The summed E-state index contributed by atoms with van der Waals surface area (Å²) in [7, 11) is 0. The summed E-state index contributed by atoms with van der Waals surface area (Å²) >= 11 is 0. The predicted molar refractivity (Wildman–Crippen MR) is 189 cm³/mol. The van der Waals surface area contributed by atoms with E-state index >= 15 is 0 Å². The van der Waals surface area contributed by atoms with Crippen LogP contribution in [-0.4, -0.2) is 69.9 Å². The maximum Gasteiger partial charge on any atom is 0.330 e. The molecule has 1 heterocycles. The Hall–Kier alpha value is -4.91. The van der Waals surface area contributed by atoms with Gasteiger partial charge < -0.3 is 9.64 Å². The molecular formula is C39H50N4O6. The molecule has 1 N–H and O–H groups in total. The number of hydrogen-bond donors (Lipinski definition) is 1. The third kappa shape index (κ3) is 9.59. The number of carbonyl (C=O) groups is 5. The number of benzene rings is 2. The van der Waals surface area contributed by atoms with Gasteiger partial charge in [-0.1, -0.05) is 67.7 Å². The Morgan fingerprint density at radius 3 is 2.14 bits per heavy atom. The van der Waals surface area contributed by atoms with Crippen LogP contribution in [0.1, 0.15) is 92.8 Å². The number of carbonyl (C=O) groups excluding carboxylic acids is 5. The van der Waals surface area contributed by atoms with Crippen LogP contribution in [0.25, 0.3) is 0 Å². The summed E-state index contributed by atoms with van der Waals surface area (Å²) in [5.41, 5.74) is 7.52. The first-order valence-corrected chi connectivity index (χ1v) is 16.5. The van der Waals surface area contributed by atoms with E-state index in [-0.39, 0.29) is 54.9 Å². The Morgan fingerprint density at radius 2 is 1.63 bits per heavy atom. The first-order chi connectivity index (χ1) is 22.8. The van der Waals surface area contributed by atoms with Crippen molar-refractivity contribution >= 4 is 29.7 Å². The minimum absolute atomic E-state index is 0.0628. The van der Waals surface area contributed by atoms with Crippen molar-refractivity contribution in [1.82, 2.24) is 20.2 Å². The van der Waals surface area contributed by atoms with E-state index in [1.165, 1.54) is 15.5 Å². The highest BCUT2D eigenvalue weighted by atomic mass is 16.5. The monoisotopic (exact) mass is 670 g/mol. The summed E-state index contributed by atoms with van der Waals surface area (Å²) < 4.78 is 5.20. The molecule has 49 heavy (non-hydrogen) atoms. The predicted octanol–water partition coefficient (Wildman–Crippen LogP) is 6.07. The van der Waals surface area contributed by atoms with Crippen LogP contribution in [0.2, 0.25) is 0 Å². The minimum Gasteiger partial charge on any atom is -0.443 e. The lowest BCUT2D eigenvalue weighted by atomic mass is 10.0. The average Bonchev–Trinajstić information content (AvgIpc) is 3.44. The fourth-order valence-electron chi connectivity index (χ4n) is 5.78. The molecule has 262 valence electrons. The van der Waals surface area contributed by atoms with Crippen LogP contribution < -0.4 is 5.43 Å². The van der Waals surface area contributed by atoms with Gasteiger partial charge in [0.1, 0.15) is 6.54 Å². The van der Waals surface area contributed by atoms with Crippen LogP contribution in [-0.2, 0) is 20.7 Å². The molecule has 1 saturated heterocycles. The molecule has 0 aromatic heterocycles. The highest BCUT2D eigenvalue weighted by Crippen LogP contribution is 2.59. The number of nitrogens with zero attached hydrogens (tertiary/aromatic N) is 3. The molecule has 10 heteroatoms. The zero-order valence-corrected chi connectivity index (χ0v) is 30.5. The van der Waals surface area contributed by atoms with Crippen molar-refractivity contribution < 1.29 is 28.7 Å². The number of terminal acetylenes is 1. The first-order valence-electron chi connectivity index (χ1n) is 16.5. The Bertz CT molecular complexity index is 1640. The number of imide groups is 1. The van der Waals surface area contributed by atoms with Crippen molar-refractivity contribution in [3.63, 3.8) is 0 Å². The van der Waals surface area contributed by atoms with E-state index in [1.54, 1.807) is 12.1 Å². The number of hydrogen-bond acceptors (Lipinski definition) is 6. The van der Waals surface area contributed by atoms with E-state index in [0.717, 1.165) is 28.0 Å². The highest BCUT2D eigenvalue weighted by molar-refractivity contribution is 6.02. The summed E-state index contributed by atoms with van der Waals surface area (Å²) in [6, 6.07) is 12.6. The van der Waals surface area contributed by atoms with Crippen LogP contribution in [0, 0.1) is 43.4 Å². The SMILES string of the molecule is C#CCN1CC(=O)N(COC(=O)C2C(C=C(C)C)C2(C)C)C1=O.CCc1ccc(C(=O)NN(C(=O)c2cc(C)cc(C)c2)C(C)(C)C)cc1. The Kier molecular flexibility index (Phi) is 12.2. The second-order valence-corrected chi connectivity index (χ2v) is 14.5. The van der Waals surface area contributed by atoms with Crippen molar-refractivity contribution in [1.29, 1.82) is 0 Å². The molecule has 1 saturated carbocycles. The largest absolute Gasteiger partial charge is 0.443 e. The topological polar surface area (TPSA) is 116 Å². The second-order valence-electron chi connectivity index (χ2n) is 14.5. The second kappa shape index (κ2) is 15.5. The molecule has 0 bridgehead atoms. The first kappa shape index (κ1) is 38.5. The fraction of sp³-hybridized carbons (Fsp3) is 0.462. The van der Waals surface area contributed by atoms with Gasteiger partial charge in [-0.2, -0.15) is 0 Å². The van der Waals surface area contributed by atoms with Gasteiger partial charge in [0.2, 0.25) is 0 Å². The van der Waals surface area contributed by atoms with Crippen molar-refractivity contribution in [2.75, 3.05) is 19.8 Å². The van der Waals surface area contributed by atoms with Gasteiger partial charge in [-0.05, 0) is 96.0 Å². The van der Waals surface area contributed by atoms with E-state index in [1.807, 2.05) is 92.6 Å². The molecule has 5 amide bonds. The van der Waals surface area contributed by atoms with E-state index in [9.17, 15) is 24.0 Å². The maximum atomic E-state index is 13.1. The third-order valence-corrected chi connectivity index (χ3v) is 8.60. The number of aryl methyl sites for hydroxylation is 3. The van der Waals surface area contributed by atoms with Crippen molar-refractivity contribution in [2.24, 2.45) is 17.3 Å². The van der Waals surface area contributed by atoms with Gasteiger partial charge >= 0.3 is 12.0 Å². The molecule has 2 atom stereocenters. The molecule has 2 fully saturated rings. The number of hydrazine groups is 1. The standard InChI is InChI=1S/C22H28N2O2.C17H22N2O4/c1-7-17-8-10-18(11-9-17)20(25)23-24(22(4,5)6)21(26)19-13-15(2)12-16(3)14-19;1-6-7-18-9-13(20)19(16(18)22)10-23-15(21)14-12(8-11(2)3)17(14,4)5/h8-14H,7H2,1-6H3,(H,23,25);1,8,12,14H,7,9-10H2,2-5H3. The maximum absolute atomic E-state index is 13.1. The number of nitrogens with one attached hydrogen (secondary N) is 1. The summed E-state index contributed by atoms with van der Waals surface area (Å²) in [6.45, 7) is 19.3. The summed E-state index contributed by atoms with van der Waals surface area (Å²) in [6.07, 6.45) is 8.13. The smallest absolute Gasteiger partial charge is 0.330 e. The number of urea groups is 1. The molecule has 2 aromatic carbocycles. The summed E-state index contributed by atoms with van der Waals surface area (Å²) in [5, 5.41) is 1.41. The molecule has 0 radical (unpaired) electrons. The quantitative estimate of drug-likeness (QED) is 0.120. The van der Waals surface area contributed by atoms with Gasteiger partial charge in [0.05, 0.1) is 18.0 Å². The number of amides is 5. The van der Waals surface area contributed by atoms with Crippen molar-refractivity contribution in [2.45, 2.75) is 81.2 Å². The Balaban J connectivity index is 0.000000267. The molecule has 4 rings (SSSR count).